The minimum Gasteiger partial charge on any atom is -0.493 e. The number of nitrogens with zero attached hydrogens (tertiary/aromatic N) is 1. The number of halogens is 3. The minimum absolute atomic E-state index is 0.195. The van der Waals surface area contributed by atoms with Gasteiger partial charge in [0.05, 0.1) is 27.1 Å². The van der Waals surface area contributed by atoms with E-state index < -0.39 is 11.8 Å². The molecule has 6 nitrogen and oxygen atoms in total. The van der Waals surface area contributed by atoms with E-state index in [0.29, 0.717) is 38.1 Å². The van der Waals surface area contributed by atoms with Crippen LogP contribution in [0.4, 0.5) is 0 Å². The van der Waals surface area contributed by atoms with Crippen LogP contribution in [0.25, 0.3) is 6.08 Å². The molecule has 1 heterocycles. The summed E-state index contributed by atoms with van der Waals surface area (Å²) >= 11 is 21.9. The first-order valence-corrected chi connectivity index (χ1v) is 13.1. The zero-order valence-electron chi connectivity index (χ0n) is 18.6. The molecule has 1 aliphatic heterocycles. The Balaban J connectivity index is 1.51. The molecule has 11 heteroatoms. The van der Waals surface area contributed by atoms with Crippen LogP contribution in [0.1, 0.15) is 21.5 Å². The van der Waals surface area contributed by atoms with Crippen molar-refractivity contribution >= 4 is 85.3 Å². The predicted molar refractivity (Wildman–Crippen MR) is 150 cm³/mol. The Bertz CT molecular complexity index is 1380. The highest BCUT2D eigenvalue weighted by atomic mass is 79.9. The van der Waals surface area contributed by atoms with Gasteiger partial charge in [0.15, 0.2) is 15.8 Å². The van der Waals surface area contributed by atoms with Gasteiger partial charge in [-0.25, -0.2) is 0 Å². The molecular formula is C25H17BrCl2N2O4S2. The lowest BCUT2D eigenvalue weighted by atomic mass is 10.1. The maximum absolute atomic E-state index is 13.0. The summed E-state index contributed by atoms with van der Waals surface area (Å²) in [5, 5.41) is 1.95. The molecule has 1 N–H and O–H groups in total. The van der Waals surface area contributed by atoms with Crippen LogP contribution in [0, 0.1) is 0 Å². The summed E-state index contributed by atoms with van der Waals surface area (Å²) in [7, 11) is 1.53. The second-order valence-electron chi connectivity index (χ2n) is 7.39. The second-order valence-corrected chi connectivity index (χ2v) is 10.8. The zero-order chi connectivity index (χ0) is 25.8. The Labute approximate surface area is 235 Å². The molecule has 0 atom stereocenters. The standard InChI is InChI=1S/C25H17BrCl2N2O4S2/c1-33-20-11-15(10-18(26)22(20)34-13-14-6-8-16(27)9-7-14)12-21-24(32)30(25(35)36-21)29-23(31)17-4-2-3-5-19(17)28/h2-12H,13H2,1H3,(H,29,31)/b21-12-. The molecule has 0 radical (unpaired) electrons. The Kier molecular flexibility index (Phi) is 8.58. The largest absolute Gasteiger partial charge is 0.493 e. The van der Waals surface area contributed by atoms with Gasteiger partial charge >= 0.3 is 0 Å². The number of carbonyl (C=O) groups is 2. The van der Waals surface area contributed by atoms with E-state index in [1.807, 2.05) is 12.1 Å². The third-order valence-electron chi connectivity index (χ3n) is 4.97. The molecule has 3 aromatic rings. The van der Waals surface area contributed by atoms with Crippen LogP contribution in [-0.2, 0) is 11.4 Å². The maximum atomic E-state index is 13.0. The highest BCUT2D eigenvalue weighted by molar-refractivity contribution is 9.10. The van der Waals surface area contributed by atoms with Crippen LogP contribution >= 0.6 is 63.1 Å². The summed E-state index contributed by atoms with van der Waals surface area (Å²) in [6.45, 7) is 0.315. The average Bonchev–Trinajstić information content (AvgIpc) is 3.11. The van der Waals surface area contributed by atoms with Crippen molar-refractivity contribution in [2.75, 3.05) is 7.11 Å². The fourth-order valence-corrected chi connectivity index (χ4v) is 5.32. The fraction of sp³-hybridized carbons (Fsp3) is 0.0800. The van der Waals surface area contributed by atoms with E-state index in [-0.39, 0.29) is 14.9 Å². The van der Waals surface area contributed by atoms with Crippen LogP contribution in [-0.4, -0.2) is 28.3 Å². The van der Waals surface area contributed by atoms with Gasteiger partial charge in [0.25, 0.3) is 11.8 Å². The van der Waals surface area contributed by atoms with E-state index in [1.54, 1.807) is 54.6 Å². The van der Waals surface area contributed by atoms with Crippen LogP contribution < -0.4 is 14.9 Å². The summed E-state index contributed by atoms with van der Waals surface area (Å²) in [5.41, 5.74) is 4.38. The van der Waals surface area contributed by atoms with Gasteiger partial charge in [-0.3, -0.25) is 15.0 Å². The third kappa shape index (κ3) is 6.04. The molecule has 4 rings (SSSR count). The van der Waals surface area contributed by atoms with Gasteiger partial charge in [-0.1, -0.05) is 59.2 Å². The number of hydrogen-bond donors (Lipinski definition) is 1. The van der Waals surface area contributed by atoms with Crippen LogP contribution in [0.15, 0.2) is 70.0 Å². The summed E-state index contributed by atoms with van der Waals surface area (Å²) in [6, 6.07) is 17.4. The molecule has 3 aromatic carbocycles. The molecule has 0 bridgehead atoms. The number of hydrazine groups is 1. The monoisotopic (exact) mass is 622 g/mol. The van der Waals surface area contributed by atoms with E-state index in [0.717, 1.165) is 22.3 Å². The van der Waals surface area contributed by atoms with E-state index in [9.17, 15) is 9.59 Å². The molecule has 0 aromatic heterocycles. The second kappa shape index (κ2) is 11.7. The smallest absolute Gasteiger partial charge is 0.285 e. The number of amides is 2. The van der Waals surface area contributed by atoms with Crippen molar-refractivity contribution in [3.05, 3.63) is 96.8 Å². The first-order chi connectivity index (χ1) is 17.3. The number of methoxy groups -OCH3 is 1. The lowest BCUT2D eigenvalue weighted by Crippen LogP contribution is -2.44. The molecule has 1 saturated heterocycles. The summed E-state index contributed by atoms with van der Waals surface area (Å²) in [6.07, 6.45) is 1.66. The fourth-order valence-electron chi connectivity index (χ4n) is 3.22. The molecular weight excluding hydrogens is 607 g/mol. The van der Waals surface area contributed by atoms with Crippen molar-refractivity contribution in [3.63, 3.8) is 0 Å². The number of thiocarbonyl (C=S) groups is 1. The van der Waals surface area contributed by atoms with Crippen LogP contribution in [0.3, 0.4) is 0 Å². The van der Waals surface area contributed by atoms with Gasteiger partial charge in [0.2, 0.25) is 0 Å². The van der Waals surface area contributed by atoms with Crippen molar-refractivity contribution in [1.29, 1.82) is 0 Å². The average molecular weight is 624 g/mol. The summed E-state index contributed by atoms with van der Waals surface area (Å²) in [5.74, 6) is 0.00421. The van der Waals surface area contributed by atoms with Gasteiger partial charge < -0.3 is 9.47 Å². The molecule has 2 amide bonds. The maximum Gasteiger partial charge on any atom is 0.285 e. The summed E-state index contributed by atoms with van der Waals surface area (Å²) < 4.78 is 12.3. The first-order valence-electron chi connectivity index (χ1n) is 10.3. The van der Waals surface area contributed by atoms with Crippen molar-refractivity contribution in [3.8, 4) is 11.5 Å². The van der Waals surface area contributed by atoms with E-state index in [2.05, 4.69) is 21.4 Å². The minimum atomic E-state index is -0.537. The SMILES string of the molecule is COc1cc(/C=C2\SC(=S)N(NC(=O)c3ccccc3Cl)C2=O)cc(Br)c1OCc1ccc(Cl)cc1. The number of hydrogen-bond acceptors (Lipinski definition) is 6. The van der Waals surface area contributed by atoms with Gasteiger partial charge in [0.1, 0.15) is 6.61 Å². The quantitative estimate of drug-likeness (QED) is 0.228. The topological polar surface area (TPSA) is 67.9 Å². The van der Waals surface area contributed by atoms with Gasteiger partial charge in [-0.05, 0) is 81.7 Å². The van der Waals surface area contributed by atoms with Crippen molar-refractivity contribution in [2.24, 2.45) is 0 Å². The van der Waals surface area contributed by atoms with Gasteiger partial charge in [-0.15, -0.1) is 0 Å². The summed E-state index contributed by atoms with van der Waals surface area (Å²) in [4.78, 5) is 25.9. The van der Waals surface area contributed by atoms with Gasteiger partial charge in [0, 0.05) is 5.02 Å². The van der Waals surface area contributed by atoms with Crippen LogP contribution in [0.5, 0.6) is 11.5 Å². The van der Waals surface area contributed by atoms with Crippen molar-refractivity contribution in [1.82, 2.24) is 10.4 Å². The number of thioether (sulfide) groups is 1. The van der Waals surface area contributed by atoms with Crippen molar-refractivity contribution < 1.29 is 19.1 Å². The molecule has 36 heavy (non-hydrogen) atoms. The molecule has 0 spiro atoms. The van der Waals surface area contributed by atoms with Gasteiger partial charge in [-0.2, -0.15) is 5.01 Å². The Morgan fingerprint density at radius 3 is 2.58 bits per heavy atom. The number of benzene rings is 3. The highest BCUT2D eigenvalue weighted by Crippen LogP contribution is 2.39. The molecule has 184 valence electrons. The third-order valence-corrected chi connectivity index (χ3v) is 7.44. The molecule has 1 fully saturated rings. The molecule has 1 aliphatic rings. The Morgan fingerprint density at radius 1 is 1.17 bits per heavy atom. The zero-order valence-corrected chi connectivity index (χ0v) is 23.3. The number of ether oxygens (including phenoxy) is 2. The number of nitrogens with one attached hydrogen (secondary N) is 1. The normalized spacial score (nSPS) is 14.3. The highest BCUT2D eigenvalue weighted by Gasteiger charge is 2.34. The molecule has 0 aliphatic carbocycles. The first kappa shape index (κ1) is 26.5. The van der Waals surface area contributed by atoms with E-state index in [1.165, 1.54) is 7.11 Å². The number of rotatable bonds is 7. The van der Waals surface area contributed by atoms with E-state index in [4.69, 9.17) is 44.9 Å². The number of carbonyl (C=O) groups excluding carboxylic acids is 2. The van der Waals surface area contributed by atoms with Crippen LogP contribution in [0.2, 0.25) is 10.0 Å². The lowest BCUT2D eigenvalue weighted by Gasteiger charge is -2.16. The molecule has 0 unspecified atom stereocenters. The van der Waals surface area contributed by atoms with E-state index >= 15 is 0 Å². The Morgan fingerprint density at radius 2 is 1.89 bits per heavy atom. The molecule has 0 saturated carbocycles. The van der Waals surface area contributed by atoms with Crippen molar-refractivity contribution in [2.45, 2.75) is 6.61 Å². The predicted octanol–water partition coefficient (Wildman–Crippen LogP) is 6.89. The lowest BCUT2D eigenvalue weighted by molar-refractivity contribution is -0.123. The Hall–Kier alpha value is -2.56.